The number of allylic oxidation sites excluding steroid dienone is 1. The van der Waals surface area contributed by atoms with Crippen molar-refractivity contribution in [2.24, 2.45) is 0 Å². The number of fused-ring (bicyclic) bond motifs is 2. The van der Waals surface area contributed by atoms with E-state index >= 15 is 0 Å². The van der Waals surface area contributed by atoms with Crippen LogP contribution >= 0.6 is 0 Å². The molecule has 0 spiro atoms. The van der Waals surface area contributed by atoms with E-state index in [0.717, 1.165) is 16.5 Å². The van der Waals surface area contributed by atoms with Crippen LogP contribution in [0.4, 0.5) is 0 Å². The fourth-order valence-corrected chi connectivity index (χ4v) is 3.02. The minimum atomic E-state index is 0. The third-order valence-corrected chi connectivity index (χ3v) is 4.20. The second-order valence-electron chi connectivity index (χ2n) is 5.64. The number of hydrogen-bond donors (Lipinski definition) is 0. The van der Waals surface area contributed by atoms with Crippen LogP contribution in [0.3, 0.4) is 0 Å². The van der Waals surface area contributed by atoms with Crippen LogP contribution in [0.5, 0.6) is 0 Å². The zero-order valence-electron chi connectivity index (χ0n) is 13.4. The van der Waals surface area contributed by atoms with Crippen molar-refractivity contribution in [3.8, 4) is 0 Å². The van der Waals surface area contributed by atoms with Crippen molar-refractivity contribution in [2.45, 2.75) is 0 Å². The Hall–Kier alpha value is -1.89. The molecule has 0 saturated carbocycles. The maximum absolute atomic E-state index is 3.99. The predicted molar refractivity (Wildman–Crippen MR) is 99.2 cm³/mol. The van der Waals surface area contributed by atoms with E-state index in [9.17, 15) is 0 Å². The van der Waals surface area contributed by atoms with Gasteiger partial charge in [-0.15, -0.1) is 35.2 Å². The number of hydrogen-bond acceptors (Lipinski definition) is 0. The molecule has 4 aromatic rings. The summed E-state index contributed by atoms with van der Waals surface area (Å²) in [5.74, 6) is 0. The van der Waals surface area contributed by atoms with Gasteiger partial charge >= 0.3 is 0 Å². The summed E-state index contributed by atoms with van der Waals surface area (Å²) in [6, 6.07) is 31.1. The zero-order chi connectivity index (χ0) is 15.6. The minimum absolute atomic E-state index is 0. The molecule has 0 aromatic heterocycles. The summed E-state index contributed by atoms with van der Waals surface area (Å²) >= 11 is 0. The van der Waals surface area contributed by atoms with Crippen LogP contribution in [-0.2, 0) is 32.7 Å². The van der Waals surface area contributed by atoms with Crippen molar-refractivity contribution in [2.75, 3.05) is 0 Å². The minimum Gasteiger partial charge on any atom is -0.234 e. The van der Waals surface area contributed by atoms with Gasteiger partial charge in [-0.1, -0.05) is 82.6 Å². The van der Waals surface area contributed by atoms with E-state index in [1.807, 2.05) is 24.3 Å². The van der Waals surface area contributed by atoms with Crippen molar-refractivity contribution >= 4 is 27.1 Å². The molecule has 0 saturated heterocycles. The Morgan fingerprint density at radius 3 is 2.12 bits per heavy atom. The van der Waals surface area contributed by atoms with Crippen LogP contribution in [0, 0.1) is 13.0 Å². The van der Waals surface area contributed by atoms with Gasteiger partial charge in [0.2, 0.25) is 0 Å². The molecule has 0 nitrogen and oxygen atoms in total. The average Bonchev–Trinajstić information content (AvgIpc) is 2.61. The van der Waals surface area contributed by atoms with E-state index < -0.39 is 0 Å². The van der Waals surface area contributed by atoms with Gasteiger partial charge in [0.15, 0.2) is 0 Å². The molecule has 0 aliphatic carbocycles. The number of benzene rings is 4. The molecule has 0 atom stereocenters. The molecule has 0 fully saturated rings. The van der Waals surface area contributed by atoms with Gasteiger partial charge in [0.25, 0.3) is 0 Å². The van der Waals surface area contributed by atoms with Gasteiger partial charge in [-0.2, -0.15) is 6.08 Å². The average molecular weight is 381 g/mol. The smallest absolute Gasteiger partial charge is 0 e. The van der Waals surface area contributed by atoms with Crippen molar-refractivity contribution in [1.82, 2.24) is 0 Å². The van der Waals surface area contributed by atoms with Crippen LogP contribution in [-0.4, -0.2) is 0 Å². The Labute approximate surface area is 168 Å². The van der Waals surface area contributed by atoms with Crippen LogP contribution in [0.25, 0.3) is 27.1 Å². The maximum Gasteiger partial charge on any atom is 0 e. The molecule has 0 N–H and O–H groups in total. The van der Waals surface area contributed by atoms with E-state index in [1.54, 1.807) is 0 Å². The molecule has 4 aromatic carbocycles. The topological polar surface area (TPSA) is 0 Å². The fraction of sp³-hybridized carbons (Fsp3) is 0. The molecule has 0 amide bonds. The quantitative estimate of drug-likeness (QED) is 0.293. The van der Waals surface area contributed by atoms with Gasteiger partial charge in [-0.05, 0) is 5.39 Å². The SMILES string of the molecule is [CH2-]/C=C(\c1[c-]c2cc3ccccc3cc2cc1)c1ccccc1.[Y]. The Bertz CT molecular complexity index is 1010. The number of rotatable bonds is 2. The molecule has 4 rings (SSSR count). The molecule has 0 aliphatic heterocycles. The molecule has 0 unspecified atom stereocenters. The van der Waals surface area contributed by atoms with Crippen molar-refractivity contribution in [3.63, 3.8) is 0 Å². The Balaban J connectivity index is 0.00000169. The molecule has 1 heteroatoms. The van der Waals surface area contributed by atoms with Crippen LogP contribution in [0.15, 0.2) is 84.9 Å². The summed E-state index contributed by atoms with van der Waals surface area (Å²) in [5.41, 5.74) is 3.36. The van der Waals surface area contributed by atoms with E-state index in [0.29, 0.717) is 0 Å². The largest absolute Gasteiger partial charge is 0.234 e. The summed E-state index contributed by atoms with van der Waals surface area (Å²) in [4.78, 5) is 0. The second-order valence-corrected chi connectivity index (χ2v) is 5.64. The second kappa shape index (κ2) is 7.34. The van der Waals surface area contributed by atoms with Crippen LogP contribution in [0.2, 0.25) is 0 Å². The van der Waals surface area contributed by atoms with Gasteiger partial charge in [-0.25, -0.2) is 6.92 Å². The van der Waals surface area contributed by atoms with Crippen molar-refractivity contribution in [3.05, 3.63) is 109 Å². The molecular formula is C23H16Y-2. The molecule has 24 heavy (non-hydrogen) atoms. The van der Waals surface area contributed by atoms with Gasteiger partial charge in [0.05, 0.1) is 0 Å². The van der Waals surface area contributed by atoms with Crippen LogP contribution in [0.1, 0.15) is 11.1 Å². The molecule has 0 heterocycles. The normalized spacial score (nSPS) is 11.4. The molecule has 1 radical (unpaired) electrons. The van der Waals surface area contributed by atoms with E-state index in [-0.39, 0.29) is 32.7 Å². The van der Waals surface area contributed by atoms with Crippen LogP contribution < -0.4 is 0 Å². The van der Waals surface area contributed by atoms with Crippen molar-refractivity contribution < 1.29 is 32.7 Å². The summed E-state index contributed by atoms with van der Waals surface area (Å²) in [5, 5.41) is 4.85. The molecule has 0 bridgehead atoms. The first-order valence-corrected chi connectivity index (χ1v) is 7.75. The summed E-state index contributed by atoms with van der Waals surface area (Å²) < 4.78 is 0. The summed E-state index contributed by atoms with van der Waals surface area (Å²) in [7, 11) is 0. The summed E-state index contributed by atoms with van der Waals surface area (Å²) in [6.07, 6.45) is 1.91. The van der Waals surface area contributed by atoms with E-state index in [2.05, 4.69) is 73.7 Å². The van der Waals surface area contributed by atoms with Gasteiger partial charge < -0.3 is 0 Å². The third-order valence-electron chi connectivity index (χ3n) is 4.20. The third kappa shape index (κ3) is 3.17. The molecule has 0 aliphatic rings. The fourth-order valence-electron chi connectivity index (χ4n) is 3.02. The van der Waals surface area contributed by atoms with E-state index in [4.69, 9.17) is 0 Å². The first-order chi connectivity index (χ1) is 11.3. The van der Waals surface area contributed by atoms with Gasteiger partial charge in [0, 0.05) is 32.7 Å². The molecule has 113 valence electrons. The molecular weight excluding hydrogens is 365 g/mol. The van der Waals surface area contributed by atoms with Gasteiger partial charge in [0.1, 0.15) is 0 Å². The van der Waals surface area contributed by atoms with Gasteiger partial charge in [-0.3, -0.25) is 0 Å². The zero-order valence-corrected chi connectivity index (χ0v) is 16.2. The Morgan fingerprint density at radius 1 is 0.750 bits per heavy atom. The summed E-state index contributed by atoms with van der Waals surface area (Å²) in [6.45, 7) is 3.99. The predicted octanol–water partition coefficient (Wildman–Crippen LogP) is 6.06. The van der Waals surface area contributed by atoms with E-state index in [1.165, 1.54) is 21.7 Å². The monoisotopic (exact) mass is 381 g/mol. The first-order valence-electron chi connectivity index (χ1n) is 7.75. The Kier molecular flexibility index (Phi) is 5.19. The maximum atomic E-state index is 3.99. The Morgan fingerprint density at radius 2 is 1.42 bits per heavy atom. The van der Waals surface area contributed by atoms with Crippen molar-refractivity contribution in [1.29, 1.82) is 0 Å². The first kappa shape index (κ1) is 17.0. The standard InChI is InChI=1S/C23H16.Y/c1-2-23(17-8-4-3-5-9-17)21-13-12-20-14-18-10-6-7-11-19(18)15-22(20)16-21;/h2-15H,1H2;/q-2;/b23-2-;.